The van der Waals surface area contributed by atoms with Gasteiger partial charge in [0.2, 0.25) is 0 Å². The molecule has 0 amide bonds. The molecule has 0 atom stereocenters. The summed E-state index contributed by atoms with van der Waals surface area (Å²) in [6.45, 7) is 0. The quantitative estimate of drug-likeness (QED) is 0.618. The van der Waals surface area contributed by atoms with Crippen LogP contribution in [0.15, 0.2) is 12.1 Å². The van der Waals surface area contributed by atoms with Crippen LogP contribution < -0.4 is 4.90 Å². The Morgan fingerprint density at radius 3 is 2.60 bits per heavy atom. The van der Waals surface area contributed by atoms with E-state index < -0.39 is 0 Å². The van der Waals surface area contributed by atoms with Crippen molar-refractivity contribution in [1.29, 1.82) is 0 Å². The minimum Gasteiger partial charge on any atom is -0.361 e. The van der Waals surface area contributed by atoms with Crippen molar-refractivity contribution >= 4 is 18.0 Å². The number of hydrogen-bond donors (Lipinski definition) is 1. The lowest BCUT2D eigenvalue weighted by atomic mass is 10.5. The number of H-pyrrole nitrogens is 1. The highest BCUT2D eigenvalue weighted by Crippen LogP contribution is 2.01. The lowest BCUT2D eigenvalue weighted by Gasteiger charge is -2.08. The van der Waals surface area contributed by atoms with Crippen molar-refractivity contribution in [2.24, 2.45) is 0 Å². The summed E-state index contributed by atoms with van der Waals surface area (Å²) >= 11 is 4.82. The normalized spacial score (nSPS) is 9.40. The van der Waals surface area contributed by atoms with Gasteiger partial charge in [0.1, 0.15) is 10.5 Å². The molecule has 0 aromatic carbocycles. The Labute approximate surface area is 64.7 Å². The molecule has 1 aromatic heterocycles. The van der Waals surface area contributed by atoms with E-state index in [0.29, 0.717) is 4.64 Å². The molecule has 0 aliphatic rings. The molecule has 0 fully saturated rings. The van der Waals surface area contributed by atoms with Gasteiger partial charge in [0.25, 0.3) is 0 Å². The molecule has 1 rings (SSSR count). The maximum absolute atomic E-state index is 4.82. The van der Waals surface area contributed by atoms with Crippen LogP contribution in [0.1, 0.15) is 0 Å². The van der Waals surface area contributed by atoms with Crippen LogP contribution >= 0.6 is 12.2 Å². The molecule has 0 saturated heterocycles. The van der Waals surface area contributed by atoms with Gasteiger partial charge in [0.05, 0.1) is 0 Å². The standard InChI is InChI=1S/C6H9N3S/c1-9(2)5-3-4-6(10)8-7-5/h3-4H,1-2H3,(H,8,10). The van der Waals surface area contributed by atoms with Gasteiger partial charge in [-0.15, -0.1) is 0 Å². The molecule has 0 aliphatic carbocycles. The molecule has 1 N–H and O–H groups in total. The van der Waals surface area contributed by atoms with Crippen molar-refractivity contribution < 1.29 is 0 Å². The van der Waals surface area contributed by atoms with E-state index in [-0.39, 0.29) is 0 Å². The van der Waals surface area contributed by atoms with Gasteiger partial charge in [-0.1, -0.05) is 12.2 Å². The number of nitrogens with zero attached hydrogens (tertiary/aromatic N) is 2. The second-order valence-corrected chi connectivity index (χ2v) is 2.61. The first-order chi connectivity index (χ1) is 4.70. The molecule has 3 nitrogen and oxygen atoms in total. The van der Waals surface area contributed by atoms with Crippen LogP contribution in [0, 0.1) is 4.64 Å². The number of nitrogens with one attached hydrogen (secondary N) is 1. The summed E-state index contributed by atoms with van der Waals surface area (Å²) in [4.78, 5) is 1.91. The average molecular weight is 155 g/mol. The molecule has 0 spiro atoms. The monoisotopic (exact) mass is 155 g/mol. The van der Waals surface area contributed by atoms with E-state index >= 15 is 0 Å². The Morgan fingerprint density at radius 2 is 2.20 bits per heavy atom. The highest BCUT2D eigenvalue weighted by atomic mass is 32.1. The van der Waals surface area contributed by atoms with Crippen molar-refractivity contribution in [3.05, 3.63) is 16.8 Å². The largest absolute Gasteiger partial charge is 0.361 e. The molecule has 54 valence electrons. The Balaban J connectivity index is 3.00. The summed E-state index contributed by atoms with van der Waals surface area (Å²) in [7, 11) is 3.86. The van der Waals surface area contributed by atoms with Crippen LogP contribution in [0.5, 0.6) is 0 Å². The molecule has 1 heterocycles. The van der Waals surface area contributed by atoms with Crippen LogP contribution in [0.3, 0.4) is 0 Å². The van der Waals surface area contributed by atoms with Crippen molar-refractivity contribution in [2.45, 2.75) is 0 Å². The fraction of sp³-hybridized carbons (Fsp3) is 0.333. The number of aromatic nitrogens is 2. The SMILES string of the molecule is CN(C)c1ccc(=S)[nH]n1. The van der Waals surface area contributed by atoms with E-state index in [9.17, 15) is 0 Å². The fourth-order valence-corrected chi connectivity index (χ4v) is 0.700. The molecule has 0 radical (unpaired) electrons. The van der Waals surface area contributed by atoms with Gasteiger partial charge in [0.15, 0.2) is 0 Å². The first-order valence-electron chi connectivity index (χ1n) is 2.93. The van der Waals surface area contributed by atoms with Crippen LogP contribution in [-0.4, -0.2) is 24.3 Å². The van der Waals surface area contributed by atoms with Gasteiger partial charge in [-0.25, -0.2) is 0 Å². The Kier molecular flexibility index (Phi) is 2.01. The van der Waals surface area contributed by atoms with Crippen molar-refractivity contribution in [3.8, 4) is 0 Å². The molecular weight excluding hydrogens is 146 g/mol. The summed E-state index contributed by atoms with van der Waals surface area (Å²) in [5.41, 5.74) is 0. The van der Waals surface area contributed by atoms with E-state index in [1.54, 1.807) is 0 Å². The van der Waals surface area contributed by atoms with Crippen molar-refractivity contribution in [3.63, 3.8) is 0 Å². The van der Waals surface area contributed by atoms with Gasteiger partial charge >= 0.3 is 0 Å². The molecular formula is C6H9N3S. The number of hydrogen-bond acceptors (Lipinski definition) is 3. The minimum absolute atomic E-state index is 0.658. The van der Waals surface area contributed by atoms with Gasteiger partial charge < -0.3 is 4.90 Å². The summed E-state index contributed by atoms with van der Waals surface area (Å²) in [5.74, 6) is 0.883. The Bertz CT molecular complexity index is 245. The topological polar surface area (TPSA) is 31.9 Å². The average Bonchev–Trinajstić information content (AvgIpc) is 1.88. The molecule has 0 bridgehead atoms. The molecule has 4 heteroatoms. The van der Waals surface area contributed by atoms with Gasteiger partial charge in [-0.2, -0.15) is 5.10 Å². The zero-order valence-corrected chi connectivity index (χ0v) is 6.77. The van der Waals surface area contributed by atoms with Gasteiger partial charge in [0, 0.05) is 14.1 Å². The number of aromatic amines is 1. The fourth-order valence-electron chi connectivity index (χ4n) is 0.586. The third-order valence-corrected chi connectivity index (χ3v) is 1.35. The van der Waals surface area contributed by atoms with Crippen LogP contribution in [0.4, 0.5) is 5.82 Å². The van der Waals surface area contributed by atoms with Crippen molar-refractivity contribution in [1.82, 2.24) is 10.2 Å². The zero-order valence-electron chi connectivity index (χ0n) is 5.96. The second kappa shape index (κ2) is 2.79. The summed E-state index contributed by atoms with van der Waals surface area (Å²) in [5, 5.41) is 6.68. The predicted octanol–water partition coefficient (Wildman–Crippen LogP) is 1.21. The maximum atomic E-state index is 4.82. The van der Waals surface area contributed by atoms with Crippen LogP contribution in [0.2, 0.25) is 0 Å². The van der Waals surface area contributed by atoms with E-state index in [1.807, 2.05) is 31.1 Å². The summed E-state index contributed by atoms with van der Waals surface area (Å²) in [6, 6.07) is 3.69. The minimum atomic E-state index is 0.658. The predicted molar refractivity (Wildman–Crippen MR) is 43.7 cm³/mol. The lowest BCUT2D eigenvalue weighted by molar-refractivity contribution is 0.955. The third kappa shape index (κ3) is 1.54. The maximum Gasteiger partial charge on any atom is 0.148 e. The molecule has 0 saturated carbocycles. The zero-order chi connectivity index (χ0) is 7.56. The van der Waals surface area contributed by atoms with Crippen molar-refractivity contribution in [2.75, 3.05) is 19.0 Å². The summed E-state index contributed by atoms with van der Waals surface area (Å²) < 4.78 is 0.658. The highest BCUT2D eigenvalue weighted by Gasteiger charge is 1.91. The van der Waals surface area contributed by atoms with E-state index in [1.165, 1.54) is 0 Å². The van der Waals surface area contributed by atoms with Gasteiger partial charge in [-0.3, -0.25) is 5.10 Å². The van der Waals surface area contributed by atoms with E-state index in [0.717, 1.165) is 5.82 Å². The first kappa shape index (κ1) is 7.21. The smallest absolute Gasteiger partial charge is 0.148 e. The van der Waals surface area contributed by atoms with Crippen LogP contribution in [-0.2, 0) is 0 Å². The molecule has 10 heavy (non-hydrogen) atoms. The third-order valence-electron chi connectivity index (χ3n) is 1.12. The summed E-state index contributed by atoms with van der Waals surface area (Å²) in [6.07, 6.45) is 0. The Morgan fingerprint density at radius 1 is 1.50 bits per heavy atom. The lowest BCUT2D eigenvalue weighted by Crippen LogP contribution is -2.10. The van der Waals surface area contributed by atoms with E-state index in [4.69, 9.17) is 12.2 Å². The van der Waals surface area contributed by atoms with E-state index in [2.05, 4.69) is 10.2 Å². The number of rotatable bonds is 1. The first-order valence-corrected chi connectivity index (χ1v) is 3.34. The van der Waals surface area contributed by atoms with Gasteiger partial charge in [-0.05, 0) is 12.1 Å². The molecule has 1 aromatic rings. The molecule has 0 aliphatic heterocycles. The highest BCUT2D eigenvalue weighted by molar-refractivity contribution is 7.71. The second-order valence-electron chi connectivity index (χ2n) is 2.17. The number of anilines is 1. The van der Waals surface area contributed by atoms with Crippen LogP contribution in [0.25, 0.3) is 0 Å². The molecule has 0 unspecified atom stereocenters. The Hall–Kier alpha value is -0.900.